The van der Waals surface area contributed by atoms with E-state index < -0.39 is 0 Å². The van der Waals surface area contributed by atoms with Crippen molar-refractivity contribution >= 4 is 22.9 Å². The first kappa shape index (κ1) is 22.1. The molecule has 3 N–H and O–H groups in total. The van der Waals surface area contributed by atoms with Crippen molar-refractivity contribution in [3.8, 4) is 0 Å². The summed E-state index contributed by atoms with van der Waals surface area (Å²) in [6.07, 6.45) is 2.01. The van der Waals surface area contributed by atoms with Gasteiger partial charge in [0.15, 0.2) is 0 Å². The van der Waals surface area contributed by atoms with Gasteiger partial charge in [-0.2, -0.15) is 5.48 Å². The lowest BCUT2D eigenvalue weighted by molar-refractivity contribution is -0.115. The summed E-state index contributed by atoms with van der Waals surface area (Å²) in [7, 11) is 0. The summed E-state index contributed by atoms with van der Waals surface area (Å²) in [6, 6.07) is 17.1. The van der Waals surface area contributed by atoms with E-state index in [9.17, 15) is 4.79 Å². The SMILES string of the molecule is CC(C)[C@H](NOCc1ccccc1)c1ncc(CC(=O)Nc2ccc(CO)cc2)s1. The molecule has 0 unspecified atom stereocenters. The topological polar surface area (TPSA) is 83.5 Å². The van der Waals surface area contributed by atoms with Crippen LogP contribution in [0, 0.1) is 5.92 Å². The van der Waals surface area contributed by atoms with Crippen LogP contribution in [0.1, 0.15) is 40.9 Å². The molecule has 6 nitrogen and oxygen atoms in total. The average molecular weight is 426 g/mol. The maximum absolute atomic E-state index is 12.4. The van der Waals surface area contributed by atoms with Crippen molar-refractivity contribution in [2.24, 2.45) is 5.92 Å². The first-order valence-corrected chi connectivity index (χ1v) is 10.7. The number of hydrogen-bond donors (Lipinski definition) is 3. The molecule has 1 atom stereocenters. The van der Waals surface area contributed by atoms with Crippen molar-refractivity contribution in [3.05, 3.63) is 81.8 Å². The van der Waals surface area contributed by atoms with Gasteiger partial charge in [-0.25, -0.2) is 4.98 Å². The minimum Gasteiger partial charge on any atom is -0.392 e. The second-order valence-corrected chi connectivity index (χ2v) is 8.51. The van der Waals surface area contributed by atoms with Crippen molar-refractivity contribution in [2.75, 3.05) is 5.32 Å². The number of nitrogens with one attached hydrogen (secondary N) is 2. The number of aromatic nitrogens is 1. The lowest BCUT2D eigenvalue weighted by atomic mass is 10.1. The molecule has 0 aliphatic rings. The molecule has 1 aromatic heterocycles. The van der Waals surface area contributed by atoms with Crippen molar-refractivity contribution in [2.45, 2.75) is 39.5 Å². The lowest BCUT2D eigenvalue weighted by Crippen LogP contribution is -2.25. The minimum atomic E-state index is -0.101. The Morgan fingerprint density at radius 3 is 2.50 bits per heavy atom. The molecule has 7 heteroatoms. The van der Waals surface area contributed by atoms with Gasteiger partial charge in [0.25, 0.3) is 0 Å². The third kappa shape index (κ3) is 6.47. The van der Waals surface area contributed by atoms with Crippen LogP contribution in [0.25, 0.3) is 0 Å². The molecule has 2 aromatic carbocycles. The number of aliphatic hydroxyl groups excluding tert-OH is 1. The van der Waals surface area contributed by atoms with E-state index in [2.05, 4.69) is 29.6 Å². The van der Waals surface area contributed by atoms with Crippen molar-refractivity contribution < 1.29 is 14.7 Å². The largest absolute Gasteiger partial charge is 0.392 e. The third-order valence-corrected chi connectivity index (χ3v) is 5.63. The number of aliphatic hydroxyl groups is 1. The van der Waals surface area contributed by atoms with Gasteiger partial charge in [0.1, 0.15) is 5.01 Å². The van der Waals surface area contributed by atoms with Gasteiger partial charge in [-0.15, -0.1) is 11.3 Å². The molecule has 0 saturated carbocycles. The molecule has 0 aliphatic heterocycles. The first-order chi connectivity index (χ1) is 14.5. The molecule has 0 saturated heterocycles. The maximum Gasteiger partial charge on any atom is 0.229 e. The molecule has 158 valence electrons. The Morgan fingerprint density at radius 2 is 1.83 bits per heavy atom. The zero-order valence-corrected chi connectivity index (χ0v) is 18.0. The summed E-state index contributed by atoms with van der Waals surface area (Å²) in [6.45, 7) is 4.67. The predicted octanol–water partition coefficient (Wildman–Crippen LogP) is 4.24. The van der Waals surface area contributed by atoms with E-state index in [-0.39, 0.29) is 30.9 Å². The van der Waals surface area contributed by atoms with Gasteiger partial charge in [0.2, 0.25) is 5.91 Å². The molecule has 30 heavy (non-hydrogen) atoms. The van der Waals surface area contributed by atoms with E-state index in [4.69, 9.17) is 9.94 Å². The number of hydroxylamine groups is 1. The monoisotopic (exact) mass is 425 g/mol. The highest BCUT2D eigenvalue weighted by atomic mass is 32.1. The van der Waals surface area contributed by atoms with Crippen LogP contribution in [0.5, 0.6) is 0 Å². The highest BCUT2D eigenvalue weighted by Gasteiger charge is 2.20. The number of anilines is 1. The van der Waals surface area contributed by atoms with Gasteiger partial charge in [-0.1, -0.05) is 56.3 Å². The summed E-state index contributed by atoms with van der Waals surface area (Å²) >= 11 is 1.51. The zero-order valence-electron chi connectivity index (χ0n) is 17.2. The molecule has 0 fully saturated rings. The smallest absolute Gasteiger partial charge is 0.229 e. The number of benzene rings is 2. The quantitative estimate of drug-likeness (QED) is 0.423. The van der Waals surface area contributed by atoms with Crippen LogP contribution in [0.3, 0.4) is 0 Å². The van der Waals surface area contributed by atoms with Crippen molar-refractivity contribution in [3.63, 3.8) is 0 Å². The number of rotatable bonds is 10. The third-order valence-electron chi connectivity index (χ3n) is 4.55. The standard InChI is InChI=1S/C23H27N3O3S/c1-16(2)22(26-29-15-18-6-4-3-5-7-18)23-24-13-20(30-23)12-21(28)25-19-10-8-17(14-27)9-11-19/h3-11,13,16,22,26-27H,12,14-15H2,1-2H3,(H,25,28)/t22-/m0/s1. The summed E-state index contributed by atoms with van der Waals surface area (Å²) in [4.78, 5) is 23.5. The minimum absolute atomic E-state index is 0.0159. The molecular formula is C23H27N3O3S. The van der Waals surface area contributed by atoms with Crippen LogP contribution in [0.15, 0.2) is 60.8 Å². The number of hydrogen-bond acceptors (Lipinski definition) is 6. The van der Waals surface area contributed by atoms with Crippen LogP contribution in [0.2, 0.25) is 0 Å². The number of carbonyl (C=O) groups is 1. The van der Waals surface area contributed by atoms with Crippen LogP contribution in [-0.2, 0) is 29.3 Å². The molecule has 0 aliphatic carbocycles. The van der Waals surface area contributed by atoms with Gasteiger partial charge in [-0.3, -0.25) is 9.63 Å². The summed E-state index contributed by atoms with van der Waals surface area (Å²) in [5.41, 5.74) is 5.74. The second kappa shape index (κ2) is 11.0. The zero-order chi connectivity index (χ0) is 21.3. The van der Waals surface area contributed by atoms with Gasteiger partial charge >= 0.3 is 0 Å². The molecule has 1 amide bonds. The second-order valence-electron chi connectivity index (χ2n) is 7.36. The molecule has 1 heterocycles. The van der Waals surface area contributed by atoms with E-state index in [1.165, 1.54) is 11.3 Å². The van der Waals surface area contributed by atoms with E-state index in [0.717, 1.165) is 21.0 Å². The highest BCUT2D eigenvalue weighted by Crippen LogP contribution is 2.27. The van der Waals surface area contributed by atoms with E-state index in [0.29, 0.717) is 12.3 Å². The molecule has 0 bridgehead atoms. The number of thiazole rings is 1. The number of nitrogens with zero attached hydrogens (tertiary/aromatic N) is 1. The highest BCUT2D eigenvalue weighted by molar-refractivity contribution is 7.11. The summed E-state index contributed by atoms with van der Waals surface area (Å²) < 4.78 is 0. The normalized spacial score (nSPS) is 12.1. The predicted molar refractivity (Wildman–Crippen MR) is 119 cm³/mol. The van der Waals surface area contributed by atoms with Crippen LogP contribution < -0.4 is 10.8 Å². The molecule has 3 aromatic rings. The molecule has 0 radical (unpaired) electrons. The lowest BCUT2D eigenvalue weighted by Gasteiger charge is -2.19. The van der Waals surface area contributed by atoms with Gasteiger partial charge in [0.05, 0.1) is 25.7 Å². The molecular weight excluding hydrogens is 398 g/mol. The number of amides is 1. The first-order valence-electron chi connectivity index (χ1n) is 9.90. The van der Waals surface area contributed by atoms with Gasteiger partial charge < -0.3 is 10.4 Å². The molecule has 0 spiro atoms. The van der Waals surface area contributed by atoms with Crippen molar-refractivity contribution in [1.82, 2.24) is 10.5 Å². The fourth-order valence-electron chi connectivity index (χ4n) is 2.87. The fourth-order valence-corrected chi connectivity index (χ4v) is 4.00. The maximum atomic E-state index is 12.4. The van der Waals surface area contributed by atoms with Gasteiger partial charge in [0, 0.05) is 16.8 Å². The Kier molecular flexibility index (Phi) is 8.10. The number of carbonyl (C=O) groups excluding carboxylic acids is 1. The van der Waals surface area contributed by atoms with Crippen LogP contribution in [0.4, 0.5) is 5.69 Å². The molecule has 3 rings (SSSR count). The van der Waals surface area contributed by atoms with Gasteiger partial charge in [-0.05, 0) is 29.2 Å². The van der Waals surface area contributed by atoms with Crippen molar-refractivity contribution in [1.29, 1.82) is 0 Å². The Balaban J connectivity index is 1.54. The summed E-state index contributed by atoms with van der Waals surface area (Å²) in [5.74, 6) is 0.176. The Hall–Kier alpha value is -2.58. The average Bonchev–Trinajstić information content (AvgIpc) is 3.20. The van der Waals surface area contributed by atoms with E-state index in [1.54, 1.807) is 30.5 Å². The Labute approximate surface area is 180 Å². The Morgan fingerprint density at radius 1 is 1.10 bits per heavy atom. The fraction of sp³-hybridized carbons (Fsp3) is 0.304. The van der Waals surface area contributed by atoms with Crippen LogP contribution in [-0.4, -0.2) is 16.0 Å². The van der Waals surface area contributed by atoms with E-state index in [1.807, 2.05) is 30.3 Å². The Bertz CT molecular complexity index is 926. The van der Waals surface area contributed by atoms with E-state index >= 15 is 0 Å². The van der Waals surface area contributed by atoms with Crippen LogP contribution >= 0.6 is 11.3 Å². The summed E-state index contributed by atoms with van der Waals surface area (Å²) in [5, 5.41) is 12.9.